The minimum atomic E-state index is -3.42. The van der Waals surface area contributed by atoms with Gasteiger partial charge in [-0.15, -0.1) is 5.10 Å². The summed E-state index contributed by atoms with van der Waals surface area (Å²) in [4.78, 5) is 12.4. The summed E-state index contributed by atoms with van der Waals surface area (Å²) in [5.41, 5.74) is 2.55. The molecule has 0 saturated carbocycles. The maximum absolute atomic E-state index is 12.4. The third-order valence-electron chi connectivity index (χ3n) is 4.50. The summed E-state index contributed by atoms with van der Waals surface area (Å²) in [5.74, 6) is -0.144. The first-order valence-corrected chi connectivity index (χ1v) is 10.9. The summed E-state index contributed by atoms with van der Waals surface area (Å²) < 4.78 is 30.2. The molecule has 3 rings (SSSR count). The number of amides is 1. The van der Waals surface area contributed by atoms with Gasteiger partial charge in [0.25, 0.3) is 0 Å². The molecule has 0 fully saturated rings. The van der Waals surface area contributed by atoms with E-state index in [4.69, 9.17) is 4.42 Å². The van der Waals surface area contributed by atoms with Crippen LogP contribution in [0.2, 0.25) is 0 Å². The molecular formula is C21H23N3O4S. The van der Waals surface area contributed by atoms with Crippen molar-refractivity contribution in [3.8, 4) is 11.5 Å². The maximum Gasteiger partial charge on any atom is 0.322 e. The van der Waals surface area contributed by atoms with Gasteiger partial charge in [0.2, 0.25) is 11.8 Å². The molecule has 1 heterocycles. The van der Waals surface area contributed by atoms with Crippen molar-refractivity contribution in [3.05, 3.63) is 59.7 Å². The summed E-state index contributed by atoms with van der Waals surface area (Å²) in [5, 5.41) is 9.78. The molecule has 2 aromatic carbocycles. The van der Waals surface area contributed by atoms with Gasteiger partial charge >= 0.3 is 6.01 Å². The third-order valence-corrected chi connectivity index (χ3v) is 6.65. The molecule has 0 bridgehead atoms. The number of carbonyl (C=O) groups is 1. The molecule has 0 unspecified atom stereocenters. The Morgan fingerprint density at radius 1 is 1.07 bits per heavy atom. The van der Waals surface area contributed by atoms with Gasteiger partial charge in [0, 0.05) is 5.56 Å². The van der Waals surface area contributed by atoms with Crippen LogP contribution in [-0.4, -0.2) is 29.8 Å². The fourth-order valence-corrected chi connectivity index (χ4v) is 3.81. The second kappa shape index (κ2) is 8.57. The Hall–Kier alpha value is -3.00. The van der Waals surface area contributed by atoms with Gasteiger partial charge in [-0.3, -0.25) is 10.1 Å². The highest BCUT2D eigenvalue weighted by molar-refractivity contribution is 7.92. The Morgan fingerprint density at radius 2 is 1.76 bits per heavy atom. The van der Waals surface area contributed by atoms with Gasteiger partial charge < -0.3 is 4.42 Å². The van der Waals surface area contributed by atoms with Crippen LogP contribution in [0.3, 0.4) is 0 Å². The second-order valence-corrected chi connectivity index (χ2v) is 9.43. The monoisotopic (exact) mass is 413 g/mol. The van der Waals surface area contributed by atoms with Crippen LogP contribution in [-0.2, 0) is 27.5 Å². The number of carbonyl (C=O) groups excluding carboxylic acids is 1. The number of hydrogen-bond donors (Lipinski definition) is 1. The van der Waals surface area contributed by atoms with Crippen molar-refractivity contribution < 1.29 is 17.6 Å². The van der Waals surface area contributed by atoms with Crippen LogP contribution in [0.15, 0.2) is 57.8 Å². The first kappa shape index (κ1) is 20.7. The number of nitrogens with zero attached hydrogens (tertiary/aromatic N) is 2. The van der Waals surface area contributed by atoms with E-state index >= 15 is 0 Å². The average Bonchev–Trinajstić information content (AvgIpc) is 3.17. The Balaban J connectivity index is 1.71. The van der Waals surface area contributed by atoms with Crippen LogP contribution in [0, 0.1) is 0 Å². The van der Waals surface area contributed by atoms with Crippen molar-refractivity contribution in [2.24, 2.45) is 0 Å². The van der Waals surface area contributed by atoms with Crippen molar-refractivity contribution in [3.63, 3.8) is 0 Å². The lowest BCUT2D eigenvalue weighted by Gasteiger charge is -2.08. The molecule has 0 atom stereocenters. The smallest absolute Gasteiger partial charge is 0.322 e. The van der Waals surface area contributed by atoms with Gasteiger partial charge in [-0.1, -0.05) is 42.4 Å². The van der Waals surface area contributed by atoms with Crippen LogP contribution in [0.5, 0.6) is 0 Å². The van der Waals surface area contributed by atoms with E-state index in [2.05, 4.69) is 22.4 Å². The lowest BCUT2D eigenvalue weighted by molar-refractivity contribution is -0.115. The fraction of sp³-hybridized carbons (Fsp3) is 0.286. The molecule has 0 spiro atoms. The van der Waals surface area contributed by atoms with E-state index in [0.29, 0.717) is 5.56 Å². The average molecular weight is 413 g/mol. The van der Waals surface area contributed by atoms with Crippen molar-refractivity contribution >= 4 is 21.8 Å². The zero-order valence-electron chi connectivity index (χ0n) is 16.5. The highest BCUT2D eigenvalue weighted by Crippen LogP contribution is 2.24. The predicted octanol–water partition coefficient (Wildman–Crippen LogP) is 3.66. The van der Waals surface area contributed by atoms with Crippen LogP contribution in [0.1, 0.15) is 31.9 Å². The maximum atomic E-state index is 12.4. The largest absolute Gasteiger partial charge is 0.403 e. The zero-order chi connectivity index (χ0) is 21.0. The third kappa shape index (κ3) is 4.89. The molecule has 0 radical (unpaired) electrons. The van der Waals surface area contributed by atoms with E-state index in [-0.39, 0.29) is 29.1 Å². The fourth-order valence-electron chi connectivity index (χ4n) is 2.71. The van der Waals surface area contributed by atoms with Crippen LogP contribution in [0.4, 0.5) is 6.01 Å². The Labute approximate surface area is 170 Å². The molecule has 1 aromatic heterocycles. The molecular weight excluding hydrogens is 390 g/mol. The van der Waals surface area contributed by atoms with E-state index < -0.39 is 15.1 Å². The molecule has 0 aliphatic carbocycles. The van der Waals surface area contributed by atoms with Crippen molar-refractivity contribution in [1.29, 1.82) is 0 Å². The molecule has 29 heavy (non-hydrogen) atoms. The molecule has 7 nitrogen and oxygen atoms in total. The van der Waals surface area contributed by atoms with Crippen LogP contribution < -0.4 is 5.32 Å². The molecule has 1 N–H and O–H groups in total. The number of benzene rings is 2. The summed E-state index contributed by atoms with van der Waals surface area (Å²) in [6.07, 6.45) is 1.13. The minimum Gasteiger partial charge on any atom is -0.403 e. The van der Waals surface area contributed by atoms with Gasteiger partial charge in [-0.25, -0.2) is 8.42 Å². The molecule has 3 aromatic rings. The standard InChI is InChI=1S/C21H23N3O4S/c1-4-15-8-10-16(11-9-15)12-19(25)22-21-24-23-20(28-21)17-6-5-7-18(13-17)29(26,27)14(2)3/h5-11,13-14H,4,12H2,1-3H3,(H,22,24,25). The normalized spacial score (nSPS) is 11.6. The second-order valence-electron chi connectivity index (χ2n) is 6.93. The van der Waals surface area contributed by atoms with Crippen molar-refractivity contribution in [2.75, 3.05) is 5.32 Å². The molecule has 0 saturated heterocycles. The number of rotatable bonds is 7. The highest BCUT2D eigenvalue weighted by atomic mass is 32.2. The van der Waals surface area contributed by atoms with Gasteiger partial charge in [0.15, 0.2) is 9.84 Å². The van der Waals surface area contributed by atoms with Crippen molar-refractivity contribution in [1.82, 2.24) is 10.2 Å². The molecule has 1 amide bonds. The lowest BCUT2D eigenvalue weighted by Crippen LogP contribution is -2.14. The van der Waals surface area contributed by atoms with E-state index in [0.717, 1.165) is 12.0 Å². The Kier molecular flexibility index (Phi) is 6.12. The van der Waals surface area contributed by atoms with E-state index in [1.165, 1.54) is 17.7 Å². The molecule has 152 valence electrons. The number of aromatic nitrogens is 2. The first-order chi connectivity index (χ1) is 13.8. The van der Waals surface area contributed by atoms with Crippen LogP contribution in [0.25, 0.3) is 11.5 Å². The van der Waals surface area contributed by atoms with Crippen molar-refractivity contribution in [2.45, 2.75) is 43.8 Å². The van der Waals surface area contributed by atoms with Gasteiger partial charge in [-0.2, -0.15) is 0 Å². The number of anilines is 1. The van der Waals surface area contributed by atoms with E-state index in [1.54, 1.807) is 26.0 Å². The zero-order valence-corrected chi connectivity index (χ0v) is 17.4. The van der Waals surface area contributed by atoms with E-state index in [9.17, 15) is 13.2 Å². The van der Waals surface area contributed by atoms with Gasteiger partial charge in [0.05, 0.1) is 16.6 Å². The lowest BCUT2D eigenvalue weighted by atomic mass is 10.1. The first-order valence-electron chi connectivity index (χ1n) is 9.35. The number of hydrogen-bond acceptors (Lipinski definition) is 6. The molecule has 0 aliphatic heterocycles. The highest BCUT2D eigenvalue weighted by Gasteiger charge is 2.20. The molecule has 0 aliphatic rings. The topological polar surface area (TPSA) is 102 Å². The summed E-state index contributed by atoms with van der Waals surface area (Å²) in [6, 6.07) is 14.1. The number of nitrogens with one attached hydrogen (secondary N) is 1. The van der Waals surface area contributed by atoms with Crippen LogP contribution >= 0.6 is 0 Å². The SMILES string of the molecule is CCc1ccc(CC(=O)Nc2nnc(-c3cccc(S(=O)(=O)C(C)C)c3)o2)cc1. The number of aryl methyl sites for hydroxylation is 1. The summed E-state index contributed by atoms with van der Waals surface area (Å²) in [6.45, 7) is 5.32. The molecule has 8 heteroatoms. The summed E-state index contributed by atoms with van der Waals surface area (Å²) >= 11 is 0. The predicted molar refractivity (Wildman–Crippen MR) is 110 cm³/mol. The number of sulfone groups is 1. The van der Waals surface area contributed by atoms with Gasteiger partial charge in [0.1, 0.15) is 0 Å². The quantitative estimate of drug-likeness (QED) is 0.634. The van der Waals surface area contributed by atoms with E-state index in [1.807, 2.05) is 24.3 Å². The Bertz CT molecular complexity index is 1100. The minimum absolute atomic E-state index is 0.0349. The van der Waals surface area contributed by atoms with Gasteiger partial charge in [-0.05, 0) is 49.6 Å². The Morgan fingerprint density at radius 3 is 2.41 bits per heavy atom. The summed E-state index contributed by atoms with van der Waals surface area (Å²) in [7, 11) is -3.42.